The topological polar surface area (TPSA) is 63.3 Å². The molecule has 1 aromatic heterocycles. The van der Waals surface area contributed by atoms with Crippen LogP contribution in [0.1, 0.15) is 12.1 Å². The van der Waals surface area contributed by atoms with E-state index in [2.05, 4.69) is 15.3 Å². The number of anilines is 1. The van der Waals surface area contributed by atoms with Crippen molar-refractivity contribution in [2.24, 2.45) is 4.99 Å². The van der Waals surface area contributed by atoms with Crippen molar-refractivity contribution >= 4 is 23.4 Å². The molecule has 0 fully saturated rings. The van der Waals surface area contributed by atoms with Gasteiger partial charge in [-0.25, -0.2) is 4.98 Å². The lowest BCUT2D eigenvalue weighted by Gasteiger charge is -2.04. The highest BCUT2D eigenvalue weighted by atomic mass is 32.2. The first kappa shape index (κ1) is 12.8. The van der Waals surface area contributed by atoms with Crippen LogP contribution >= 0.6 is 11.8 Å². The average Bonchev–Trinajstić information content (AvgIpc) is 2.29. The molecule has 1 aromatic rings. The van der Waals surface area contributed by atoms with Crippen LogP contribution in [0.5, 0.6) is 0 Å². The number of hydrogen-bond donors (Lipinski definition) is 2. The Hall–Kier alpha value is -1.23. The van der Waals surface area contributed by atoms with Crippen LogP contribution in [0.3, 0.4) is 0 Å². The third kappa shape index (κ3) is 4.53. The van der Waals surface area contributed by atoms with Gasteiger partial charge in [-0.1, -0.05) is 6.07 Å². The van der Waals surface area contributed by atoms with Crippen LogP contribution in [0, 0.1) is 0 Å². The Morgan fingerprint density at radius 2 is 2.38 bits per heavy atom. The predicted molar refractivity (Wildman–Crippen MR) is 71.8 cm³/mol. The summed E-state index contributed by atoms with van der Waals surface area (Å²) >= 11 is 1.84. The molecule has 0 saturated carbocycles. The van der Waals surface area contributed by atoms with Gasteiger partial charge in [0.1, 0.15) is 5.82 Å². The van der Waals surface area contributed by atoms with Crippen LogP contribution in [-0.4, -0.2) is 30.7 Å². The second-order valence-electron chi connectivity index (χ2n) is 3.28. The van der Waals surface area contributed by atoms with Gasteiger partial charge in [0.05, 0.1) is 11.5 Å². The van der Waals surface area contributed by atoms with Gasteiger partial charge in [0, 0.05) is 32.0 Å². The molecular formula is C11H18N4S. The van der Waals surface area contributed by atoms with E-state index in [9.17, 15) is 0 Å². The Labute approximate surface area is 101 Å². The predicted octanol–water partition coefficient (Wildman–Crippen LogP) is 1.53. The van der Waals surface area contributed by atoms with Gasteiger partial charge in [-0.2, -0.15) is 11.8 Å². The van der Waals surface area contributed by atoms with Gasteiger partial charge < -0.3 is 11.1 Å². The summed E-state index contributed by atoms with van der Waals surface area (Å²) in [5.74, 6) is 3.55. The molecule has 1 heterocycles. The van der Waals surface area contributed by atoms with E-state index in [-0.39, 0.29) is 0 Å². The second kappa shape index (κ2) is 7.11. The first-order chi connectivity index (χ1) is 7.76. The number of aliphatic imine (C=N–C) groups is 1. The van der Waals surface area contributed by atoms with Crippen molar-refractivity contribution in [2.45, 2.75) is 12.2 Å². The molecule has 3 N–H and O–H groups in total. The largest absolute Gasteiger partial charge is 0.384 e. The highest BCUT2D eigenvalue weighted by Gasteiger charge is 1.98. The summed E-state index contributed by atoms with van der Waals surface area (Å²) in [5, 5.41) is 3.06. The van der Waals surface area contributed by atoms with E-state index in [0.29, 0.717) is 5.82 Å². The maximum atomic E-state index is 5.60. The minimum Gasteiger partial charge on any atom is -0.384 e. The zero-order valence-electron chi connectivity index (χ0n) is 9.73. The number of nitrogens with one attached hydrogen (secondary N) is 1. The Morgan fingerprint density at radius 1 is 1.56 bits per heavy atom. The minimum absolute atomic E-state index is 0.587. The maximum Gasteiger partial charge on any atom is 0.123 e. The zero-order valence-corrected chi connectivity index (χ0v) is 10.5. The van der Waals surface area contributed by atoms with Gasteiger partial charge in [-0.15, -0.1) is 0 Å². The van der Waals surface area contributed by atoms with Crippen LogP contribution in [0.2, 0.25) is 0 Å². The highest BCUT2D eigenvalue weighted by Crippen LogP contribution is 2.12. The molecule has 0 aliphatic heterocycles. The summed E-state index contributed by atoms with van der Waals surface area (Å²) in [6.07, 6.45) is 0.958. The van der Waals surface area contributed by atoms with Gasteiger partial charge in [-0.05, 0) is 12.1 Å². The molecule has 0 bridgehead atoms. The third-order valence-corrected chi connectivity index (χ3v) is 3.11. The third-order valence-electron chi connectivity index (χ3n) is 2.12. The van der Waals surface area contributed by atoms with Crippen LogP contribution in [-0.2, 0) is 5.75 Å². The minimum atomic E-state index is 0.587. The quantitative estimate of drug-likeness (QED) is 0.464. The van der Waals surface area contributed by atoms with Gasteiger partial charge in [0.25, 0.3) is 0 Å². The maximum absolute atomic E-state index is 5.60. The molecule has 0 spiro atoms. The molecule has 0 aromatic carbocycles. The molecule has 4 nitrogen and oxygen atoms in total. The zero-order chi connectivity index (χ0) is 11.8. The Morgan fingerprint density at radius 3 is 3.00 bits per heavy atom. The molecular weight excluding hydrogens is 220 g/mol. The summed E-state index contributed by atoms with van der Waals surface area (Å²) in [4.78, 5) is 8.36. The number of nitrogens with zero attached hydrogens (tertiary/aromatic N) is 2. The van der Waals surface area contributed by atoms with Crippen LogP contribution < -0.4 is 11.1 Å². The lowest BCUT2D eigenvalue weighted by atomic mass is 10.4. The molecule has 0 radical (unpaired) electrons. The second-order valence-corrected chi connectivity index (χ2v) is 4.38. The monoisotopic (exact) mass is 238 g/mol. The molecule has 0 amide bonds. The molecule has 88 valence electrons. The smallest absolute Gasteiger partial charge is 0.123 e. The highest BCUT2D eigenvalue weighted by molar-refractivity contribution is 7.98. The van der Waals surface area contributed by atoms with Crippen molar-refractivity contribution in [3.05, 3.63) is 23.9 Å². The van der Waals surface area contributed by atoms with Gasteiger partial charge in [0.2, 0.25) is 0 Å². The first-order valence-electron chi connectivity index (χ1n) is 5.19. The molecule has 0 aliphatic carbocycles. The molecule has 0 atom stereocenters. The average molecular weight is 238 g/mol. The normalized spacial score (nSPS) is 11.5. The molecule has 16 heavy (non-hydrogen) atoms. The van der Waals surface area contributed by atoms with Crippen molar-refractivity contribution in [1.29, 1.82) is 0 Å². The summed E-state index contributed by atoms with van der Waals surface area (Å²) in [7, 11) is 3.70. The van der Waals surface area contributed by atoms with E-state index in [0.717, 1.165) is 29.5 Å². The van der Waals surface area contributed by atoms with Crippen molar-refractivity contribution in [2.75, 3.05) is 25.6 Å². The van der Waals surface area contributed by atoms with Crippen molar-refractivity contribution < 1.29 is 0 Å². The van der Waals surface area contributed by atoms with Crippen LogP contribution in [0.4, 0.5) is 5.82 Å². The fraction of sp³-hybridized carbons (Fsp3) is 0.455. The number of nitrogen functional groups attached to an aromatic ring is 1. The van der Waals surface area contributed by atoms with E-state index in [4.69, 9.17) is 5.73 Å². The number of hydrogen-bond acceptors (Lipinski definition) is 4. The SMILES string of the molecule is CN=C(CCSCc1cccc(N)n1)NC. The van der Waals surface area contributed by atoms with Crippen LogP contribution in [0.15, 0.2) is 23.2 Å². The Kier molecular flexibility index (Phi) is 5.71. The van der Waals surface area contributed by atoms with E-state index in [1.54, 1.807) is 13.1 Å². The lowest BCUT2D eigenvalue weighted by Crippen LogP contribution is -2.18. The Balaban J connectivity index is 2.26. The van der Waals surface area contributed by atoms with Gasteiger partial charge in [-0.3, -0.25) is 4.99 Å². The fourth-order valence-electron chi connectivity index (χ4n) is 1.27. The molecule has 1 rings (SSSR count). The number of nitrogens with two attached hydrogens (primary N) is 1. The molecule has 0 aliphatic rings. The molecule has 0 saturated heterocycles. The standard InChI is InChI=1S/C11H18N4S/c1-13-11(14-2)6-7-16-8-9-4-3-5-10(12)15-9/h3-5H,6-8H2,1-2H3,(H2,12,15)(H,13,14). The number of thioether (sulfide) groups is 1. The molecule has 0 unspecified atom stereocenters. The summed E-state index contributed by atoms with van der Waals surface area (Å²) < 4.78 is 0. The van der Waals surface area contributed by atoms with Crippen molar-refractivity contribution in [3.8, 4) is 0 Å². The number of amidine groups is 1. The molecule has 5 heteroatoms. The summed E-state index contributed by atoms with van der Waals surface area (Å²) in [6, 6.07) is 5.73. The number of pyridine rings is 1. The number of aromatic nitrogens is 1. The van der Waals surface area contributed by atoms with Crippen molar-refractivity contribution in [1.82, 2.24) is 10.3 Å². The van der Waals surface area contributed by atoms with Gasteiger partial charge in [0.15, 0.2) is 0 Å². The van der Waals surface area contributed by atoms with E-state index in [1.165, 1.54) is 0 Å². The Bertz CT molecular complexity index is 352. The van der Waals surface area contributed by atoms with Crippen molar-refractivity contribution in [3.63, 3.8) is 0 Å². The van der Waals surface area contributed by atoms with E-state index >= 15 is 0 Å². The van der Waals surface area contributed by atoms with Gasteiger partial charge >= 0.3 is 0 Å². The first-order valence-corrected chi connectivity index (χ1v) is 6.34. The number of rotatable bonds is 5. The van der Waals surface area contributed by atoms with E-state index < -0.39 is 0 Å². The lowest BCUT2D eigenvalue weighted by molar-refractivity contribution is 1.07. The summed E-state index contributed by atoms with van der Waals surface area (Å²) in [5.41, 5.74) is 6.64. The van der Waals surface area contributed by atoms with Crippen LogP contribution in [0.25, 0.3) is 0 Å². The fourth-order valence-corrected chi connectivity index (χ4v) is 2.12. The summed E-state index contributed by atoms with van der Waals surface area (Å²) in [6.45, 7) is 0. The van der Waals surface area contributed by atoms with E-state index in [1.807, 2.05) is 30.9 Å².